The van der Waals surface area contributed by atoms with E-state index in [0.29, 0.717) is 32.0 Å². The lowest BCUT2D eigenvalue weighted by atomic mass is 9.97. The molecule has 0 bridgehead atoms. The van der Waals surface area contributed by atoms with Gasteiger partial charge in [0.1, 0.15) is 0 Å². The number of rotatable bonds is 6. The van der Waals surface area contributed by atoms with Gasteiger partial charge in [0.2, 0.25) is 5.91 Å². The van der Waals surface area contributed by atoms with E-state index in [0.717, 1.165) is 35.0 Å². The average Bonchev–Trinajstić information content (AvgIpc) is 2.90. The molecule has 1 N–H and O–H groups in total. The molecule has 1 amide bonds. The number of amides is 1. The third-order valence-electron chi connectivity index (χ3n) is 6.94. The number of nitrogens with one attached hydrogen (secondary N) is 1. The fraction of sp³-hybridized carbons (Fsp3) is 0.300. The van der Waals surface area contributed by atoms with E-state index in [-0.39, 0.29) is 17.4 Å². The van der Waals surface area contributed by atoms with Crippen LogP contribution in [0.5, 0.6) is 0 Å². The summed E-state index contributed by atoms with van der Waals surface area (Å²) in [5, 5.41) is 3.09. The van der Waals surface area contributed by atoms with Crippen LogP contribution in [0.1, 0.15) is 35.1 Å². The lowest BCUT2D eigenvalue weighted by Crippen LogP contribution is -2.45. The number of carbonyl (C=O) groups excluding carboxylic acids is 1. The highest BCUT2D eigenvalue weighted by molar-refractivity contribution is 5.80. The quantitative estimate of drug-likeness (QED) is 0.438. The lowest BCUT2D eigenvalue weighted by molar-refractivity contribution is -0.125. The van der Waals surface area contributed by atoms with E-state index < -0.39 is 0 Å². The molecule has 4 aromatic rings. The Morgan fingerprint density at radius 3 is 2.58 bits per heavy atom. The maximum absolute atomic E-state index is 13.7. The van der Waals surface area contributed by atoms with E-state index in [9.17, 15) is 9.59 Å². The Hall–Kier alpha value is -3.93. The highest BCUT2D eigenvalue weighted by Gasteiger charge is 2.28. The number of para-hydroxylation sites is 2. The Morgan fingerprint density at radius 1 is 0.972 bits per heavy atom. The molecule has 1 aliphatic heterocycles. The average molecular weight is 481 g/mol. The van der Waals surface area contributed by atoms with Gasteiger partial charge in [0.25, 0.3) is 5.56 Å². The first-order valence-electron chi connectivity index (χ1n) is 12.6. The van der Waals surface area contributed by atoms with Crippen LogP contribution in [0, 0.1) is 19.8 Å². The first kappa shape index (κ1) is 23.8. The van der Waals surface area contributed by atoms with Crippen LogP contribution >= 0.6 is 0 Å². The molecule has 1 aliphatic rings. The summed E-state index contributed by atoms with van der Waals surface area (Å²) in [6, 6.07) is 24.2. The Kier molecular flexibility index (Phi) is 6.85. The van der Waals surface area contributed by atoms with Gasteiger partial charge < -0.3 is 10.2 Å². The molecule has 184 valence electrons. The van der Waals surface area contributed by atoms with Gasteiger partial charge in [-0.2, -0.15) is 0 Å². The monoisotopic (exact) mass is 480 g/mol. The van der Waals surface area contributed by atoms with Crippen LogP contribution in [0.4, 0.5) is 5.82 Å². The Labute approximate surface area is 211 Å². The fourth-order valence-electron chi connectivity index (χ4n) is 4.96. The van der Waals surface area contributed by atoms with E-state index in [2.05, 4.69) is 42.6 Å². The maximum Gasteiger partial charge on any atom is 0.294 e. The molecule has 1 saturated heterocycles. The smallest absolute Gasteiger partial charge is 0.294 e. The Morgan fingerprint density at radius 2 is 1.78 bits per heavy atom. The minimum atomic E-state index is -0.179. The fourth-order valence-corrected chi connectivity index (χ4v) is 4.96. The molecule has 1 aromatic heterocycles. The Balaban J connectivity index is 1.39. The van der Waals surface area contributed by atoms with Crippen LogP contribution in [0.25, 0.3) is 11.0 Å². The summed E-state index contributed by atoms with van der Waals surface area (Å²) in [6.07, 6.45) is 1.65. The van der Waals surface area contributed by atoms with Gasteiger partial charge in [-0.3, -0.25) is 14.2 Å². The van der Waals surface area contributed by atoms with Gasteiger partial charge in [-0.25, -0.2) is 4.98 Å². The Bertz CT molecular complexity index is 1440. The second-order valence-corrected chi connectivity index (χ2v) is 9.79. The number of aromatic nitrogens is 2. The second-order valence-electron chi connectivity index (χ2n) is 9.79. The third kappa shape index (κ3) is 5.18. The molecule has 0 spiro atoms. The molecule has 3 aromatic carbocycles. The summed E-state index contributed by atoms with van der Waals surface area (Å²) in [5.41, 5.74) is 6.00. The normalized spacial score (nSPS) is 15.7. The molecular formula is C30H32N4O2. The molecule has 0 radical (unpaired) electrons. The molecule has 0 saturated carbocycles. The number of benzene rings is 3. The number of anilines is 1. The molecule has 5 rings (SSSR count). The molecule has 6 nitrogen and oxygen atoms in total. The van der Waals surface area contributed by atoms with Crippen LogP contribution in [-0.2, 0) is 17.9 Å². The standard InChI is InChI=1S/C30H32N4O2/c1-21-12-14-23(15-13-21)19-34-27-11-4-3-10-26(27)32-28(30(34)36)33-16-6-9-25(20-33)29(35)31-18-24-8-5-7-22(2)17-24/h3-5,7-8,10-15,17,25H,6,9,16,18-20H2,1-2H3,(H,31,35)/t25-/m1/s1. The first-order chi connectivity index (χ1) is 17.5. The van der Waals surface area contributed by atoms with E-state index >= 15 is 0 Å². The summed E-state index contributed by atoms with van der Waals surface area (Å²) in [7, 11) is 0. The van der Waals surface area contributed by atoms with Crippen molar-refractivity contribution in [2.75, 3.05) is 18.0 Å². The molecule has 1 fully saturated rings. The van der Waals surface area contributed by atoms with Crippen LogP contribution in [0.2, 0.25) is 0 Å². The predicted molar refractivity (Wildman–Crippen MR) is 144 cm³/mol. The minimum Gasteiger partial charge on any atom is -0.352 e. The van der Waals surface area contributed by atoms with Crippen molar-refractivity contribution >= 4 is 22.8 Å². The number of aryl methyl sites for hydroxylation is 2. The van der Waals surface area contributed by atoms with Crippen LogP contribution in [0.15, 0.2) is 77.6 Å². The van der Waals surface area contributed by atoms with Gasteiger partial charge >= 0.3 is 0 Å². The van der Waals surface area contributed by atoms with E-state index in [1.54, 1.807) is 0 Å². The largest absolute Gasteiger partial charge is 0.352 e. The lowest BCUT2D eigenvalue weighted by Gasteiger charge is -2.33. The molecule has 6 heteroatoms. The first-order valence-corrected chi connectivity index (χ1v) is 12.6. The highest BCUT2D eigenvalue weighted by atomic mass is 16.2. The van der Waals surface area contributed by atoms with Gasteiger partial charge in [-0.15, -0.1) is 0 Å². The molecule has 1 atom stereocenters. The summed E-state index contributed by atoms with van der Waals surface area (Å²) < 4.78 is 1.81. The number of fused-ring (bicyclic) bond motifs is 1. The van der Waals surface area contributed by atoms with E-state index in [4.69, 9.17) is 4.98 Å². The van der Waals surface area contributed by atoms with Crippen molar-refractivity contribution < 1.29 is 4.79 Å². The zero-order valence-electron chi connectivity index (χ0n) is 20.9. The maximum atomic E-state index is 13.7. The van der Waals surface area contributed by atoms with Crippen LogP contribution < -0.4 is 15.8 Å². The predicted octanol–water partition coefficient (Wildman–Crippen LogP) is 4.59. The second kappa shape index (κ2) is 10.4. The molecule has 36 heavy (non-hydrogen) atoms. The van der Waals surface area contributed by atoms with Gasteiger partial charge in [0, 0.05) is 19.6 Å². The van der Waals surface area contributed by atoms with E-state index in [1.165, 1.54) is 11.1 Å². The number of hydrogen-bond donors (Lipinski definition) is 1. The van der Waals surface area contributed by atoms with Crippen molar-refractivity contribution in [1.29, 1.82) is 0 Å². The molecule has 2 heterocycles. The van der Waals surface area contributed by atoms with E-state index in [1.807, 2.05) is 58.9 Å². The van der Waals surface area contributed by atoms with Gasteiger partial charge in [-0.05, 0) is 49.9 Å². The zero-order valence-corrected chi connectivity index (χ0v) is 20.9. The van der Waals surface area contributed by atoms with Gasteiger partial charge in [0.05, 0.1) is 23.5 Å². The van der Waals surface area contributed by atoms with Gasteiger partial charge in [-0.1, -0.05) is 71.8 Å². The summed E-state index contributed by atoms with van der Waals surface area (Å²) >= 11 is 0. The summed E-state index contributed by atoms with van der Waals surface area (Å²) in [5.74, 6) is 0.278. The molecule has 0 unspecified atom stereocenters. The van der Waals surface area contributed by atoms with Crippen molar-refractivity contribution in [3.8, 4) is 0 Å². The van der Waals surface area contributed by atoms with Crippen LogP contribution in [-0.4, -0.2) is 28.5 Å². The van der Waals surface area contributed by atoms with Crippen molar-refractivity contribution in [1.82, 2.24) is 14.9 Å². The van der Waals surface area contributed by atoms with Crippen LogP contribution in [0.3, 0.4) is 0 Å². The topological polar surface area (TPSA) is 67.2 Å². The zero-order chi connectivity index (χ0) is 25.1. The summed E-state index contributed by atoms with van der Waals surface area (Å²) in [4.78, 5) is 33.5. The number of piperidine rings is 1. The molecular weight excluding hydrogens is 448 g/mol. The number of hydrogen-bond acceptors (Lipinski definition) is 4. The third-order valence-corrected chi connectivity index (χ3v) is 6.94. The SMILES string of the molecule is Cc1ccc(Cn2c(=O)c(N3CCC[C@@H](C(=O)NCc4cccc(C)c4)C3)nc3ccccc32)cc1. The highest BCUT2D eigenvalue weighted by Crippen LogP contribution is 2.22. The minimum absolute atomic E-state index is 0.0296. The van der Waals surface area contributed by atoms with Crippen molar-refractivity contribution in [2.45, 2.75) is 39.8 Å². The number of nitrogens with zero attached hydrogens (tertiary/aromatic N) is 3. The van der Waals surface area contributed by atoms with Crippen molar-refractivity contribution in [2.24, 2.45) is 5.92 Å². The summed E-state index contributed by atoms with van der Waals surface area (Å²) in [6.45, 7) is 6.29. The molecule has 0 aliphatic carbocycles. The van der Waals surface area contributed by atoms with Crippen molar-refractivity contribution in [3.05, 3.63) is 105 Å². The van der Waals surface area contributed by atoms with Crippen molar-refractivity contribution in [3.63, 3.8) is 0 Å². The van der Waals surface area contributed by atoms with Gasteiger partial charge in [0.15, 0.2) is 5.82 Å². The number of carbonyl (C=O) groups is 1.